The van der Waals surface area contributed by atoms with Crippen molar-refractivity contribution in [3.8, 4) is 5.75 Å². The molecule has 204 valence electrons. The lowest BCUT2D eigenvalue weighted by molar-refractivity contribution is -0.136. The summed E-state index contributed by atoms with van der Waals surface area (Å²) in [6.45, 7) is 8.73. The van der Waals surface area contributed by atoms with Crippen LogP contribution in [0.25, 0.3) is 0 Å². The van der Waals surface area contributed by atoms with E-state index in [1.54, 1.807) is 0 Å². The van der Waals surface area contributed by atoms with Crippen molar-refractivity contribution in [3.05, 3.63) is 102 Å². The monoisotopic (exact) mass is 542 g/mol. The fraction of sp³-hybridized carbons (Fsp3) is 0.364. The van der Waals surface area contributed by atoms with Gasteiger partial charge in [0.25, 0.3) is 0 Å². The van der Waals surface area contributed by atoms with Crippen LogP contribution in [0.5, 0.6) is 5.75 Å². The van der Waals surface area contributed by atoms with Gasteiger partial charge in [0.05, 0.1) is 6.10 Å². The van der Waals surface area contributed by atoms with Crippen LogP contribution in [0.1, 0.15) is 56.5 Å². The zero-order chi connectivity index (χ0) is 27.6. The van der Waals surface area contributed by atoms with Crippen LogP contribution >= 0.6 is 0 Å². The zero-order valence-electron chi connectivity index (χ0n) is 23.2. The van der Waals surface area contributed by atoms with E-state index in [-0.39, 0.29) is 17.1 Å². The van der Waals surface area contributed by atoms with E-state index in [0.29, 0.717) is 24.2 Å². The summed E-state index contributed by atoms with van der Waals surface area (Å²) in [5, 5.41) is 12.6. The van der Waals surface area contributed by atoms with Crippen LogP contribution in [-0.4, -0.2) is 37.9 Å². The first-order valence-electron chi connectivity index (χ1n) is 13.8. The van der Waals surface area contributed by atoms with E-state index in [9.17, 15) is 9.90 Å². The topological polar surface area (TPSA) is 65.0 Å². The van der Waals surface area contributed by atoms with Gasteiger partial charge in [0.1, 0.15) is 11.3 Å². The summed E-state index contributed by atoms with van der Waals surface area (Å²) >= 11 is 0. The molecule has 0 amide bonds. The molecular formula is C33H38O5Si. The number of rotatable bonds is 4. The number of fused-ring (bicyclic) bond motifs is 3. The lowest BCUT2D eigenvalue weighted by Crippen LogP contribution is -2.69. The number of esters is 1. The van der Waals surface area contributed by atoms with Gasteiger partial charge < -0.3 is 19.0 Å². The number of hydrogen-bond acceptors (Lipinski definition) is 5. The van der Waals surface area contributed by atoms with Crippen LogP contribution in [0.15, 0.2) is 91.0 Å². The van der Waals surface area contributed by atoms with Crippen molar-refractivity contribution in [2.24, 2.45) is 5.92 Å². The highest BCUT2D eigenvalue weighted by molar-refractivity contribution is 7.00. The summed E-state index contributed by atoms with van der Waals surface area (Å²) in [5.41, 5.74) is 1.25. The van der Waals surface area contributed by atoms with E-state index < -0.39 is 26.7 Å². The normalized spacial score (nSPS) is 24.6. The molecule has 0 aliphatic carbocycles. The molecule has 1 saturated heterocycles. The molecule has 6 heteroatoms. The van der Waals surface area contributed by atoms with Gasteiger partial charge >= 0.3 is 14.3 Å². The summed E-state index contributed by atoms with van der Waals surface area (Å²) in [5.74, 6) is 0.229. The lowest BCUT2D eigenvalue weighted by Gasteiger charge is -2.43. The third kappa shape index (κ3) is 5.33. The van der Waals surface area contributed by atoms with Crippen molar-refractivity contribution in [2.75, 3.05) is 0 Å². The Labute approximate surface area is 232 Å². The Kier molecular flexibility index (Phi) is 7.81. The van der Waals surface area contributed by atoms with E-state index in [2.05, 4.69) is 64.1 Å². The average molecular weight is 543 g/mol. The van der Waals surface area contributed by atoms with Crippen molar-refractivity contribution in [1.29, 1.82) is 0 Å². The number of allylic oxidation sites excluding steroid dienone is 2. The number of carbonyl (C=O) groups is 1. The molecule has 0 radical (unpaired) electrons. The predicted octanol–water partition coefficient (Wildman–Crippen LogP) is 5.40. The molecule has 0 saturated carbocycles. The highest BCUT2D eigenvalue weighted by Gasteiger charge is 2.52. The number of carbonyl (C=O) groups excluding carboxylic acids is 1. The van der Waals surface area contributed by atoms with Crippen LogP contribution in [0.4, 0.5) is 0 Å². The molecule has 5 rings (SSSR count). The van der Waals surface area contributed by atoms with Crippen molar-refractivity contribution in [2.45, 2.75) is 70.5 Å². The smallest absolute Gasteiger partial charge is 0.342 e. The molecule has 0 spiro atoms. The Morgan fingerprint density at radius 2 is 1.51 bits per heavy atom. The van der Waals surface area contributed by atoms with Crippen LogP contribution in [0.3, 0.4) is 0 Å². The van der Waals surface area contributed by atoms with Gasteiger partial charge in [0.15, 0.2) is 12.4 Å². The van der Waals surface area contributed by atoms with Crippen LogP contribution in [0.2, 0.25) is 5.04 Å². The molecule has 3 aromatic rings. The van der Waals surface area contributed by atoms with Gasteiger partial charge in [-0.25, -0.2) is 4.79 Å². The Morgan fingerprint density at radius 3 is 2.13 bits per heavy atom. The van der Waals surface area contributed by atoms with Crippen molar-refractivity contribution in [1.82, 2.24) is 0 Å². The van der Waals surface area contributed by atoms with Gasteiger partial charge in [0, 0.05) is 6.42 Å². The summed E-state index contributed by atoms with van der Waals surface area (Å²) in [7, 11) is -2.99. The third-order valence-corrected chi connectivity index (χ3v) is 12.9. The minimum atomic E-state index is -2.99. The predicted molar refractivity (Wildman–Crippen MR) is 156 cm³/mol. The van der Waals surface area contributed by atoms with Crippen LogP contribution < -0.4 is 14.8 Å². The Hall–Kier alpha value is -3.19. The molecule has 0 aromatic heterocycles. The first-order chi connectivity index (χ1) is 18.7. The van der Waals surface area contributed by atoms with Gasteiger partial charge in [-0.2, -0.15) is 0 Å². The number of hydrogen-bond donors (Lipinski definition) is 1. The minimum absolute atomic E-state index is 0.162. The van der Waals surface area contributed by atoms with Crippen molar-refractivity contribution >= 4 is 24.7 Å². The highest BCUT2D eigenvalue weighted by Crippen LogP contribution is 2.40. The lowest BCUT2D eigenvalue weighted by atomic mass is 9.96. The van der Waals surface area contributed by atoms with Crippen molar-refractivity contribution < 1.29 is 23.8 Å². The number of aliphatic hydroxyl groups excluding tert-OH is 1. The fourth-order valence-electron chi connectivity index (χ4n) is 5.89. The molecule has 2 bridgehead atoms. The maximum absolute atomic E-state index is 13.9. The summed E-state index contributed by atoms with van der Waals surface area (Å²) < 4.78 is 19.0. The molecular weight excluding hydrogens is 504 g/mol. The molecule has 39 heavy (non-hydrogen) atoms. The second-order valence-corrected chi connectivity index (χ2v) is 15.9. The van der Waals surface area contributed by atoms with E-state index in [1.807, 2.05) is 54.6 Å². The van der Waals surface area contributed by atoms with E-state index in [4.69, 9.17) is 13.9 Å². The molecule has 4 atom stereocenters. The molecule has 0 unspecified atom stereocenters. The number of ether oxygens (including phenoxy) is 2. The van der Waals surface area contributed by atoms with Gasteiger partial charge in [-0.1, -0.05) is 113 Å². The SMILES string of the molecule is C[C@@H]1C/C=C/Cc2cccc(O[Si](c3ccccc3)(c3ccccc3)C(C)(C)C)c2C(=O)O[C@H]2C[C@@H]1O[C@H]2O. The quantitative estimate of drug-likeness (QED) is 0.272. The molecule has 5 nitrogen and oxygen atoms in total. The van der Waals surface area contributed by atoms with Crippen LogP contribution in [0, 0.1) is 5.92 Å². The molecule has 1 N–H and O–H groups in total. The zero-order valence-corrected chi connectivity index (χ0v) is 24.2. The van der Waals surface area contributed by atoms with E-state index >= 15 is 0 Å². The second-order valence-electron chi connectivity index (χ2n) is 11.7. The maximum atomic E-state index is 13.9. The standard InChI is InChI=1S/C33H38O5Si/c1-23-14-11-12-15-24-16-13-21-27(30(24)32(35)37-29-22-28(23)36-31(29)34)38-39(33(2,3)4,25-17-7-5-8-18-25)26-19-9-6-10-20-26/h5-13,16-21,23,28-29,31,34H,14-15,22H2,1-4H3/b12-11+/t23-,28+,29+,31-/m1/s1. The fourth-order valence-corrected chi connectivity index (χ4v) is 10.3. The number of benzene rings is 3. The summed E-state index contributed by atoms with van der Waals surface area (Å²) in [4.78, 5) is 13.9. The molecule has 1 fully saturated rings. The average Bonchev–Trinajstić information content (AvgIpc) is 3.29. The Balaban J connectivity index is 1.66. The van der Waals surface area contributed by atoms with E-state index in [1.165, 1.54) is 0 Å². The van der Waals surface area contributed by atoms with Crippen LogP contribution in [-0.2, 0) is 15.9 Å². The first-order valence-corrected chi connectivity index (χ1v) is 15.7. The van der Waals surface area contributed by atoms with Gasteiger partial charge in [-0.15, -0.1) is 0 Å². The van der Waals surface area contributed by atoms with Crippen molar-refractivity contribution in [3.63, 3.8) is 0 Å². The second kappa shape index (κ2) is 11.1. The van der Waals surface area contributed by atoms with Gasteiger partial charge in [-0.3, -0.25) is 0 Å². The maximum Gasteiger partial charge on any atom is 0.342 e. The van der Waals surface area contributed by atoms with Gasteiger partial charge in [-0.05, 0) is 45.8 Å². The minimum Gasteiger partial charge on any atom is -0.533 e. The highest BCUT2D eigenvalue weighted by atomic mass is 28.4. The molecule has 2 aliphatic rings. The Bertz CT molecular complexity index is 1280. The first kappa shape index (κ1) is 27.4. The molecule has 2 heterocycles. The number of aliphatic hydroxyl groups is 1. The largest absolute Gasteiger partial charge is 0.533 e. The Morgan fingerprint density at radius 1 is 0.872 bits per heavy atom. The van der Waals surface area contributed by atoms with Gasteiger partial charge in [0.2, 0.25) is 0 Å². The molecule has 2 aliphatic heterocycles. The summed E-state index contributed by atoms with van der Waals surface area (Å²) in [6, 6.07) is 26.5. The third-order valence-electron chi connectivity index (χ3n) is 8.00. The van der Waals surface area contributed by atoms with E-state index in [0.717, 1.165) is 22.4 Å². The molecule has 3 aromatic carbocycles. The summed E-state index contributed by atoms with van der Waals surface area (Å²) in [6.07, 6.45) is 4.08.